The van der Waals surface area contributed by atoms with Gasteiger partial charge >= 0.3 is 6.55 Å². The van der Waals surface area contributed by atoms with Crippen LogP contribution >= 0.6 is 23.2 Å². The summed E-state index contributed by atoms with van der Waals surface area (Å²) in [4.78, 5) is 11.3. The van der Waals surface area contributed by atoms with Crippen LogP contribution in [-0.2, 0) is 5.54 Å². The molecule has 0 unspecified atom stereocenters. The van der Waals surface area contributed by atoms with Crippen molar-refractivity contribution in [3.05, 3.63) is 22.2 Å². The molecule has 2 rings (SSSR count). The molecule has 114 valence electrons. The monoisotopic (exact) mass is 337 g/mol. The topological polar surface area (TPSA) is 94.5 Å². The van der Waals surface area contributed by atoms with Gasteiger partial charge in [-0.15, -0.1) is 0 Å². The molecule has 7 nitrogen and oxygen atoms in total. The Morgan fingerprint density at radius 3 is 2.48 bits per heavy atom. The van der Waals surface area contributed by atoms with Crippen molar-refractivity contribution < 1.29 is 8.78 Å². The number of anilines is 2. The molecule has 0 radical (unpaired) electrons. The summed E-state index contributed by atoms with van der Waals surface area (Å²) in [5.74, 6) is 0.0117. The molecule has 0 aromatic carbocycles. The minimum atomic E-state index is -2.78. The van der Waals surface area contributed by atoms with Gasteiger partial charge in [-0.05, 0) is 25.4 Å². The third kappa shape index (κ3) is 3.48. The molecule has 3 N–H and O–H groups in total. The quantitative estimate of drug-likeness (QED) is 0.890. The summed E-state index contributed by atoms with van der Waals surface area (Å²) in [5.41, 5.74) is 4.73. The number of nitrogens with two attached hydrogens (primary N) is 1. The molecule has 0 aliphatic carbocycles. The third-order valence-electron chi connectivity index (χ3n) is 2.53. The molecule has 2 aromatic rings. The average molecular weight is 338 g/mol. The highest BCUT2D eigenvalue weighted by Gasteiger charge is 2.29. The van der Waals surface area contributed by atoms with Crippen molar-refractivity contribution in [1.82, 2.24) is 24.7 Å². The lowest BCUT2D eigenvalue weighted by molar-refractivity contribution is 0.0558. The summed E-state index contributed by atoms with van der Waals surface area (Å²) in [6, 6.07) is 0. The van der Waals surface area contributed by atoms with Crippen molar-refractivity contribution in [2.24, 2.45) is 0 Å². The van der Waals surface area contributed by atoms with Gasteiger partial charge in [0, 0.05) is 6.20 Å². The number of rotatable bonds is 4. The highest BCUT2D eigenvalue weighted by atomic mass is 35.5. The van der Waals surface area contributed by atoms with Gasteiger partial charge in [0.25, 0.3) is 0 Å². The van der Waals surface area contributed by atoms with Crippen LogP contribution in [0.2, 0.25) is 10.3 Å². The Bertz CT molecular complexity index is 639. The number of hydrogen-bond acceptors (Lipinski definition) is 6. The van der Waals surface area contributed by atoms with Crippen LogP contribution in [0.15, 0.2) is 6.20 Å². The van der Waals surface area contributed by atoms with Crippen LogP contribution in [0.5, 0.6) is 0 Å². The van der Waals surface area contributed by atoms with Crippen molar-refractivity contribution in [1.29, 1.82) is 0 Å². The highest BCUT2D eigenvalue weighted by molar-refractivity contribution is 6.31. The number of nitrogens with zero attached hydrogens (tertiary/aromatic N) is 5. The standard InChI is InChI=1S/C10H11Cl2F2N7/c1-10(2,5-4(11)3-21(20-5)7(13)14)19-9-17-6(12)16-8(15)18-9/h3,7H,1-2H3,(H3,15,16,17,18,19). The van der Waals surface area contributed by atoms with E-state index in [9.17, 15) is 8.78 Å². The van der Waals surface area contributed by atoms with Crippen molar-refractivity contribution in [3.63, 3.8) is 0 Å². The fourth-order valence-electron chi connectivity index (χ4n) is 1.65. The van der Waals surface area contributed by atoms with E-state index >= 15 is 0 Å². The van der Waals surface area contributed by atoms with Crippen molar-refractivity contribution in [2.45, 2.75) is 25.9 Å². The zero-order chi connectivity index (χ0) is 15.8. The van der Waals surface area contributed by atoms with E-state index in [2.05, 4.69) is 25.4 Å². The van der Waals surface area contributed by atoms with Gasteiger partial charge in [0.1, 0.15) is 5.69 Å². The summed E-state index contributed by atoms with van der Waals surface area (Å²) in [7, 11) is 0. The molecule has 11 heteroatoms. The SMILES string of the molecule is CC(C)(Nc1nc(N)nc(Cl)n1)c1nn(C(F)F)cc1Cl. The molecule has 0 atom stereocenters. The zero-order valence-electron chi connectivity index (χ0n) is 11.0. The van der Waals surface area contributed by atoms with Gasteiger partial charge in [-0.1, -0.05) is 11.6 Å². The fraction of sp³-hybridized carbons (Fsp3) is 0.400. The molecule has 0 spiro atoms. The van der Waals surface area contributed by atoms with E-state index in [1.165, 1.54) is 0 Å². The second-order valence-corrected chi connectivity index (χ2v) is 5.36. The van der Waals surface area contributed by atoms with Crippen molar-refractivity contribution in [2.75, 3.05) is 11.1 Å². The Labute approximate surface area is 128 Å². The predicted octanol–water partition coefficient (Wildman–Crippen LogP) is 2.70. The van der Waals surface area contributed by atoms with Crippen LogP contribution < -0.4 is 11.1 Å². The van der Waals surface area contributed by atoms with E-state index < -0.39 is 12.1 Å². The molecule has 0 fully saturated rings. The summed E-state index contributed by atoms with van der Waals surface area (Å²) < 4.78 is 25.7. The molecule has 0 aliphatic rings. The Kier molecular flexibility index (Phi) is 4.15. The first-order valence-corrected chi connectivity index (χ1v) is 6.43. The van der Waals surface area contributed by atoms with E-state index in [0.717, 1.165) is 6.20 Å². The molecular formula is C10H11Cl2F2N7. The number of aromatic nitrogens is 5. The van der Waals surface area contributed by atoms with E-state index in [-0.39, 0.29) is 27.9 Å². The number of nitrogens with one attached hydrogen (secondary N) is 1. The average Bonchev–Trinajstić information content (AvgIpc) is 2.70. The van der Waals surface area contributed by atoms with E-state index in [4.69, 9.17) is 28.9 Å². The van der Waals surface area contributed by atoms with Gasteiger partial charge in [0.2, 0.25) is 17.2 Å². The number of nitrogen functional groups attached to an aromatic ring is 1. The lowest BCUT2D eigenvalue weighted by Gasteiger charge is -2.24. The minimum absolute atomic E-state index is 0.0718. The maximum Gasteiger partial charge on any atom is 0.333 e. The van der Waals surface area contributed by atoms with Crippen LogP contribution in [0.1, 0.15) is 26.1 Å². The predicted molar refractivity (Wildman–Crippen MR) is 74.4 cm³/mol. The molecular weight excluding hydrogens is 327 g/mol. The largest absolute Gasteiger partial charge is 0.368 e. The molecule has 0 bridgehead atoms. The summed E-state index contributed by atoms with van der Waals surface area (Å²) >= 11 is 11.6. The van der Waals surface area contributed by atoms with Crippen molar-refractivity contribution in [3.8, 4) is 0 Å². The van der Waals surface area contributed by atoms with Gasteiger partial charge in [-0.2, -0.15) is 28.8 Å². The second-order valence-electron chi connectivity index (χ2n) is 4.62. The van der Waals surface area contributed by atoms with Crippen LogP contribution in [-0.4, -0.2) is 24.7 Å². The molecule has 0 saturated carbocycles. The number of alkyl halides is 2. The van der Waals surface area contributed by atoms with Gasteiger partial charge < -0.3 is 11.1 Å². The fourth-order valence-corrected chi connectivity index (χ4v) is 2.19. The molecule has 0 amide bonds. The van der Waals surface area contributed by atoms with Crippen molar-refractivity contribution >= 4 is 35.1 Å². The van der Waals surface area contributed by atoms with Crippen LogP contribution in [0.25, 0.3) is 0 Å². The summed E-state index contributed by atoms with van der Waals surface area (Å²) in [5, 5.41) is 6.63. The van der Waals surface area contributed by atoms with Crippen LogP contribution in [0.4, 0.5) is 20.7 Å². The molecule has 21 heavy (non-hydrogen) atoms. The summed E-state index contributed by atoms with van der Waals surface area (Å²) in [6.45, 7) is 0.560. The third-order valence-corrected chi connectivity index (χ3v) is 2.97. The molecule has 0 saturated heterocycles. The first-order valence-electron chi connectivity index (χ1n) is 5.67. The summed E-state index contributed by atoms with van der Waals surface area (Å²) in [6.07, 6.45) is 1.04. The lowest BCUT2D eigenvalue weighted by Crippen LogP contribution is -2.30. The Hall–Kier alpha value is -1.74. The van der Waals surface area contributed by atoms with E-state index in [1.54, 1.807) is 13.8 Å². The maximum absolute atomic E-state index is 12.6. The number of halogens is 4. The second kappa shape index (κ2) is 5.57. The Balaban J connectivity index is 2.33. The van der Waals surface area contributed by atoms with Gasteiger partial charge in [0.15, 0.2) is 0 Å². The first-order chi connectivity index (χ1) is 9.69. The highest BCUT2D eigenvalue weighted by Crippen LogP contribution is 2.30. The molecule has 2 heterocycles. The molecule has 2 aromatic heterocycles. The number of hydrogen-bond donors (Lipinski definition) is 2. The van der Waals surface area contributed by atoms with Crippen LogP contribution in [0.3, 0.4) is 0 Å². The smallest absolute Gasteiger partial charge is 0.333 e. The minimum Gasteiger partial charge on any atom is -0.368 e. The Morgan fingerprint density at radius 1 is 1.29 bits per heavy atom. The van der Waals surface area contributed by atoms with Gasteiger partial charge in [-0.25, -0.2) is 4.68 Å². The zero-order valence-corrected chi connectivity index (χ0v) is 12.5. The van der Waals surface area contributed by atoms with Gasteiger partial charge in [0.05, 0.1) is 10.6 Å². The van der Waals surface area contributed by atoms with Gasteiger partial charge in [-0.3, -0.25) is 0 Å². The maximum atomic E-state index is 12.6. The normalized spacial score (nSPS) is 12.0. The van der Waals surface area contributed by atoms with E-state index in [0.29, 0.717) is 4.68 Å². The van der Waals surface area contributed by atoms with Crippen LogP contribution in [0, 0.1) is 0 Å². The first kappa shape index (κ1) is 15.6. The van der Waals surface area contributed by atoms with E-state index in [1.807, 2.05) is 0 Å². The molecule has 0 aliphatic heterocycles. The Morgan fingerprint density at radius 2 is 1.95 bits per heavy atom. The lowest BCUT2D eigenvalue weighted by atomic mass is 10.0.